The van der Waals surface area contributed by atoms with E-state index in [1.54, 1.807) is 0 Å². The Kier molecular flexibility index (Phi) is 4.16. The molecule has 0 bridgehead atoms. The highest BCUT2D eigenvalue weighted by Crippen LogP contribution is 2.40. The monoisotopic (exact) mass is 310 g/mol. The highest BCUT2D eigenvalue weighted by Gasteiger charge is 2.28. The van der Waals surface area contributed by atoms with Gasteiger partial charge in [-0.15, -0.1) is 11.3 Å². The maximum absolute atomic E-state index is 11.6. The van der Waals surface area contributed by atoms with Crippen molar-refractivity contribution >= 4 is 39.7 Å². The van der Waals surface area contributed by atoms with Gasteiger partial charge in [0.1, 0.15) is 15.9 Å². The van der Waals surface area contributed by atoms with E-state index in [9.17, 15) is 4.79 Å². The number of nitrogens with zero attached hydrogens (tertiary/aromatic N) is 2. The Morgan fingerprint density at radius 3 is 2.75 bits per heavy atom. The van der Waals surface area contributed by atoms with E-state index in [1.165, 1.54) is 11.3 Å². The molecule has 20 heavy (non-hydrogen) atoms. The van der Waals surface area contributed by atoms with Crippen LogP contribution in [0.2, 0.25) is 0 Å². The average Bonchev–Trinajstić information content (AvgIpc) is 2.59. The van der Waals surface area contributed by atoms with E-state index in [4.69, 9.17) is 16.7 Å². The maximum Gasteiger partial charge on any atom is 0.253 e. The molecule has 2 heterocycles. The van der Waals surface area contributed by atoms with E-state index in [0.29, 0.717) is 10.4 Å². The van der Waals surface area contributed by atoms with Crippen molar-refractivity contribution in [1.29, 1.82) is 5.26 Å². The number of carbonyl (C=O) groups is 1. The molecular weight excluding hydrogens is 292 g/mol. The van der Waals surface area contributed by atoms with Crippen molar-refractivity contribution in [3.8, 4) is 6.07 Å². The minimum absolute atomic E-state index is 0.219. The summed E-state index contributed by atoms with van der Waals surface area (Å²) in [7, 11) is 0. The number of nitrogens with two attached hydrogens (primary N) is 2. The van der Waals surface area contributed by atoms with Crippen LogP contribution in [0.15, 0.2) is 0 Å². The average molecular weight is 310 g/mol. The smallest absolute Gasteiger partial charge is 0.253 e. The van der Waals surface area contributed by atoms with Crippen molar-refractivity contribution in [3.05, 3.63) is 10.4 Å². The summed E-state index contributed by atoms with van der Waals surface area (Å²) in [6.07, 6.45) is 1.01. The Bertz CT molecular complexity index is 574. The first-order valence-corrected chi connectivity index (χ1v) is 8.17. The molecule has 0 aliphatic carbocycles. The summed E-state index contributed by atoms with van der Waals surface area (Å²) >= 11 is 3.18. The first kappa shape index (κ1) is 15.0. The van der Waals surface area contributed by atoms with E-state index in [-0.39, 0.29) is 10.4 Å². The largest absolute Gasteiger partial charge is 0.396 e. The van der Waals surface area contributed by atoms with Gasteiger partial charge in [-0.05, 0) is 6.42 Å². The van der Waals surface area contributed by atoms with Gasteiger partial charge in [-0.25, -0.2) is 0 Å². The highest BCUT2D eigenvalue weighted by atomic mass is 32.2. The van der Waals surface area contributed by atoms with Crippen molar-refractivity contribution in [2.75, 3.05) is 29.5 Å². The number of hydrogen-bond donors (Lipinski definition) is 2. The van der Waals surface area contributed by atoms with Crippen LogP contribution < -0.4 is 16.4 Å². The number of hydrogen-bond acceptors (Lipinski definition) is 6. The van der Waals surface area contributed by atoms with Crippen molar-refractivity contribution in [2.45, 2.75) is 25.0 Å². The zero-order valence-corrected chi connectivity index (χ0v) is 13.2. The molecule has 1 fully saturated rings. The predicted octanol–water partition coefficient (Wildman–Crippen LogP) is 2.02. The minimum atomic E-state index is -0.564. The third kappa shape index (κ3) is 2.86. The molecule has 108 valence electrons. The van der Waals surface area contributed by atoms with Gasteiger partial charge >= 0.3 is 0 Å². The molecule has 4 N–H and O–H groups in total. The van der Waals surface area contributed by atoms with Crippen LogP contribution in [0.5, 0.6) is 0 Å². The normalized spacial score (nSPS) is 18.4. The van der Waals surface area contributed by atoms with Gasteiger partial charge in [-0.3, -0.25) is 4.79 Å². The number of carbonyl (C=O) groups excluding carboxylic acids is 1. The molecule has 1 aromatic rings. The Morgan fingerprint density at radius 1 is 1.45 bits per heavy atom. The van der Waals surface area contributed by atoms with Gasteiger partial charge in [0.05, 0.1) is 11.3 Å². The Labute approximate surface area is 126 Å². The molecule has 1 amide bonds. The standard InChI is InChI=1S/C13H18N4OS2/c1-13(2)3-4-17(5-6-19-13)12-9(11(16)18)10(15)8(7-14)20-12/h3-6,15H2,1-2H3,(H2,16,18). The summed E-state index contributed by atoms with van der Waals surface area (Å²) in [4.78, 5) is 14.1. The lowest BCUT2D eigenvalue weighted by molar-refractivity contribution is 0.100. The number of primary amides is 1. The van der Waals surface area contributed by atoms with Crippen molar-refractivity contribution < 1.29 is 4.79 Å². The van der Waals surface area contributed by atoms with Gasteiger partial charge in [-0.1, -0.05) is 13.8 Å². The summed E-state index contributed by atoms with van der Waals surface area (Å²) in [6, 6.07) is 2.04. The predicted molar refractivity (Wildman–Crippen MR) is 85.3 cm³/mol. The number of anilines is 2. The Balaban J connectivity index is 2.38. The van der Waals surface area contributed by atoms with Gasteiger partial charge in [0.2, 0.25) is 0 Å². The quantitative estimate of drug-likeness (QED) is 0.871. The summed E-state index contributed by atoms with van der Waals surface area (Å²) in [6.45, 7) is 6.11. The third-order valence-corrected chi connectivity index (χ3v) is 5.94. The molecule has 0 aromatic carbocycles. The zero-order chi connectivity index (χ0) is 14.9. The molecule has 0 spiro atoms. The zero-order valence-electron chi connectivity index (χ0n) is 11.6. The maximum atomic E-state index is 11.6. The first-order valence-electron chi connectivity index (χ1n) is 6.37. The van der Waals surface area contributed by atoms with Gasteiger partial charge in [0.25, 0.3) is 5.91 Å². The SMILES string of the molecule is CC1(C)CCN(c2sc(C#N)c(N)c2C(N)=O)CCS1. The minimum Gasteiger partial charge on any atom is -0.396 e. The molecular formula is C13H18N4OS2. The second-order valence-corrected chi connectivity index (χ2v) is 8.15. The summed E-state index contributed by atoms with van der Waals surface area (Å²) in [5.41, 5.74) is 11.8. The molecule has 0 atom stereocenters. The van der Waals surface area contributed by atoms with Crippen LogP contribution in [0, 0.1) is 11.3 Å². The van der Waals surface area contributed by atoms with E-state index < -0.39 is 5.91 Å². The van der Waals surface area contributed by atoms with E-state index in [2.05, 4.69) is 18.7 Å². The van der Waals surface area contributed by atoms with Gasteiger partial charge in [-0.2, -0.15) is 17.0 Å². The summed E-state index contributed by atoms with van der Waals surface area (Å²) in [5.74, 6) is 0.414. The molecule has 0 radical (unpaired) electrons. The molecule has 0 unspecified atom stereocenters. The fourth-order valence-electron chi connectivity index (χ4n) is 2.20. The fourth-order valence-corrected chi connectivity index (χ4v) is 4.37. The van der Waals surface area contributed by atoms with Gasteiger partial charge in [0, 0.05) is 23.6 Å². The van der Waals surface area contributed by atoms with Crippen LogP contribution in [0.1, 0.15) is 35.5 Å². The number of thioether (sulfide) groups is 1. The number of thiophene rings is 1. The van der Waals surface area contributed by atoms with Crippen LogP contribution in [0.3, 0.4) is 0 Å². The number of nitrogen functional groups attached to an aromatic ring is 1. The fraction of sp³-hybridized carbons (Fsp3) is 0.538. The summed E-state index contributed by atoms with van der Waals surface area (Å²) in [5, 5.41) is 9.82. The highest BCUT2D eigenvalue weighted by molar-refractivity contribution is 8.00. The van der Waals surface area contributed by atoms with Crippen LogP contribution in [0.25, 0.3) is 0 Å². The second-order valence-electron chi connectivity index (χ2n) is 5.35. The molecule has 1 aromatic heterocycles. The van der Waals surface area contributed by atoms with Crippen LogP contribution in [0.4, 0.5) is 10.7 Å². The number of amides is 1. The van der Waals surface area contributed by atoms with Crippen LogP contribution in [-0.2, 0) is 0 Å². The third-order valence-electron chi connectivity index (χ3n) is 3.40. The first-order chi connectivity index (χ1) is 9.35. The number of nitriles is 1. The van der Waals surface area contributed by atoms with Crippen LogP contribution >= 0.6 is 23.1 Å². The molecule has 1 saturated heterocycles. The summed E-state index contributed by atoms with van der Waals surface area (Å²) < 4.78 is 0.225. The molecule has 7 heteroatoms. The lowest BCUT2D eigenvalue weighted by Crippen LogP contribution is -2.28. The van der Waals surface area contributed by atoms with E-state index in [0.717, 1.165) is 30.3 Å². The van der Waals surface area contributed by atoms with Crippen molar-refractivity contribution in [3.63, 3.8) is 0 Å². The van der Waals surface area contributed by atoms with Gasteiger partial charge < -0.3 is 16.4 Å². The molecule has 2 rings (SSSR count). The topological polar surface area (TPSA) is 96.1 Å². The van der Waals surface area contributed by atoms with E-state index in [1.807, 2.05) is 17.8 Å². The van der Waals surface area contributed by atoms with Crippen LogP contribution in [-0.4, -0.2) is 29.5 Å². The molecule has 1 aliphatic rings. The van der Waals surface area contributed by atoms with Gasteiger partial charge in [0.15, 0.2) is 0 Å². The van der Waals surface area contributed by atoms with E-state index >= 15 is 0 Å². The van der Waals surface area contributed by atoms with Crippen molar-refractivity contribution in [2.24, 2.45) is 5.73 Å². The lowest BCUT2D eigenvalue weighted by atomic mass is 10.1. The van der Waals surface area contributed by atoms with Crippen molar-refractivity contribution in [1.82, 2.24) is 0 Å². The second kappa shape index (κ2) is 5.54. The number of rotatable bonds is 2. The molecule has 5 nitrogen and oxygen atoms in total. The lowest BCUT2D eigenvalue weighted by Gasteiger charge is -2.23. The Morgan fingerprint density at radius 2 is 2.15 bits per heavy atom. The Hall–Kier alpha value is -1.39. The molecule has 1 aliphatic heterocycles. The molecule has 0 saturated carbocycles.